The van der Waals surface area contributed by atoms with Crippen LogP contribution in [0.5, 0.6) is 0 Å². The Hall–Kier alpha value is -0.490. The van der Waals surface area contributed by atoms with Gasteiger partial charge in [-0.1, -0.05) is 0 Å². The molecule has 3 nitrogen and oxygen atoms in total. The van der Waals surface area contributed by atoms with Gasteiger partial charge in [-0.25, -0.2) is 8.78 Å². The Balaban J connectivity index is 1.83. The number of aromatic nitrogens is 2. The van der Waals surface area contributed by atoms with E-state index in [9.17, 15) is 8.78 Å². The van der Waals surface area contributed by atoms with Crippen molar-refractivity contribution in [1.82, 2.24) is 14.7 Å². The smallest absolute Gasteiger partial charge is 0.251 e. The summed E-state index contributed by atoms with van der Waals surface area (Å²) < 4.78 is 26.7. The quantitative estimate of drug-likeness (QED) is 0.831. The molecule has 1 aromatic heterocycles. The van der Waals surface area contributed by atoms with E-state index in [1.54, 1.807) is 11.1 Å². The van der Waals surface area contributed by atoms with Gasteiger partial charge >= 0.3 is 0 Å². The van der Waals surface area contributed by atoms with E-state index < -0.39 is 6.43 Å². The Morgan fingerprint density at radius 3 is 2.79 bits per heavy atom. The van der Waals surface area contributed by atoms with Gasteiger partial charge in [0.15, 0.2) is 0 Å². The molecule has 1 aromatic rings. The molecule has 0 unspecified atom stereocenters. The van der Waals surface area contributed by atoms with Crippen molar-refractivity contribution < 1.29 is 8.78 Å². The first kappa shape index (κ1) is 10.0. The summed E-state index contributed by atoms with van der Waals surface area (Å²) in [4.78, 5) is 1.73. The third-order valence-corrected chi connectivity index (χ3v) is 2.69. The number of rotatable bonds is 3. The van der Waals surface area contributed by atoms with Crippen molar-refractivity contribution in [3.05, 3.63) is 16.9 Å². The highest BCUT2D eigenvalue weighted by molar-refractivity contribution is 9.10. The fourth-order valence-corrected chi connectivity index (χ4v) is 1.87. The van der Waals surface area contributed by atoms with E-state index in [1.807, 2.05) is 10.9 Å². The van der Waals surface area contributed by atoms with Crippen LogP contribution in [0.3, 0.4) is 0 Å². The monoisotopic (exact) mass is 265 g/mol. The number of hydrogen-bond acceptors (Lipinski definition) is 2. The molecule has 0 spiro atoms. The third kappa shape index (κ3) is 2.12. The molecular formula is C8H10BrF2N3. The molecule has 14 heavy (non-hydrogen) atoms. The third-order valence-electron chi connectivity index (χ3n) is 2.28. The number of hydrogen-bond donors (Lipinski definition) is 0. The first-order valence-electron chi connectivity index (χ1n) is 4.35. The van der Waals surface area contributed by atoms with Gasteiger partial charge in [0, 0.05) is 19.3 Å². The molecule has 0 bridgehead atoms. The van der Waals surface area contributed by atoms with Crippen LogP contribution in [0.25, 0.3) is 0 Å². The Morgan fingerprint density at radius 2 is 2.29 bits per heavy atom. The zero-order valence-corrected chi connectivity index (χ0v) is 8.99. The van der Waals surface area contributed by atoms with E-state index in [-0.39, 0.29) is 12.6 Å². The van der Waals surface area contributed by atoms with Crippen LogP contribution in [-0.2, 0) is 0 Å². The highest BCUT2D eigenvalue weighted by atomic mass is 79.9. The van der Waals surface area contributed by atoms with Crippen LogP contribution in [0, 0.1) is 0 Å². The minimum absolute atomic E-state index is 0.126. The van der Waals surface area contributed by atoms with Crippen molar-refractivity contribution in [2.45, 2.75) is 12.5 Å². The van der Waals surface area contributed by atoms with Gasteiger partial charge in [-0.2, -0.15) is 5.10 Å². The van der Waals surface area contributed by atoms with E-state index in [0.717, 1.165) is 4.47 Å². The number of nitrogens with zero attached hydrogens (tertiary/aromatic N) is 3. The minimum Gasteiger partial charge on any atom is -0.293 e. The SMILES string of the molecule is FC(F)CN1CC(n2cc(Br)cn2)C1. The lowest BCUT2D eigenvalue weighted by Gasteiger charge is -2.38. The molecule has 1 fully saturated rings. The maximum absolute atomic E-state index is 12.0. The molecule has 0 atom stereocenters. The molecule has 2 heterocycles. The lowest BCUT2D eigenvalue weighted by Crippen LogP contribution is -2.49. The summed E-state index contributed by atoms with van der Waals surface area (Å²) in [5.41, 5.74) is 0. The van der Waals surface area contributed by atoms with Gasteiger partial charge in [-0.3, -0.25) is 9.58 Å². The lowest BCUT2D eigenvalue weighted by atomic mass is 10.1. The molecular weight excluding hydrogens is 256 g/mol. The topological polar surface area (TPSA) is 21.1 Å². The summed E-state index contributed by atoms with van der Waals surface area (Å²) in [6.07, 6.45) is 1.33. The van der Waals surface area contributed by atoms with E-state index in [2.05, 4.69) is 21.0 Å². The van der Waals surface area contributed by atoms with E-state index in [0.29, 0.717) is 13.1 Å². The molecule has 0 N–H and O–H groups in total. The van der Waals surface area contributed by atoms with Gasteiger partial charge in [0.05, 0.1) is 23.3 Å². The molecule has 0 radical (unpaired) electrons. The predicted molar refractivity (Wildman–Crippen MR) is 51.4 cm³/mol. The molecule has 1 aliphatic rings. The van der Waals surface area contributed by atoms with Crippen molar-refractivity contribution >= 4 is 15.9 Å². The van der Waals surface area contributed by atoms with Gasteiger partial charge < -0.3 is 0 Å². The van der Waals surface area contributed by atoms with Crippen molar-refractivity contribution in [3.63, 3.8) is 0 Å². The van der Waals surface area contributed by atoms with Crippen LogP contribution in [-0.4, -0.2) is 40.7 Å². The second-order valence-electron chi connectivity index (χ2n) is 3.40. The number of halogens is 3. The molecule has 0 saturated carbocycles. The summed E-state index contributed by atoms with van der Waals surface area (Å²) in [5.74, 6) is 0. The van der Waals surface area contributed by atoms with Crippen LogP contribution >= 0.6 is 15.9 Å². The normalized spacial score (nSPS) is 18.9. The average Bonchev–Trinajstić information content (AvgIpc) is 2.42. The lowest BCUT2D eigenvalue weighted by molar-refractivity contribution is 0.0259. The highest BCUT2D eigenvalue weighted by Crippen LogP contribution is 2.22. The van der Waals surface area contributed by atoms with Gasteiger partial charge in [0.2, 0.25) is 0 Å². The van der Waals surface area contributed by atoms with Crippen LogP contribution in [0.15, 0.2) is 16.9 Å². The second-order valence-corrected chi connectivity index (χ2v) is 4.32. The van der Waals surface area contributed by atoms with Crippen LogP contribution < -0.4 is 0 Å². The standard InChI is InChI=1S/C8H10BrF2N3/c9-6-1-12-14(2-6)7-3-13(4-7)5-8(10)11/h1-2,7-8H,3-5H2. The van der Waals surface area contributed by atoms with Gasteiger partial charge in [0.25, 0.3) is 6.43 Å². The Labute approximate surface area is 88.8 Å². The zero-order valence-electron chi connectivity index (χ0n) is 7.41. The number of likely N-dealkylation sites (tertiary alicyclic amines) is 1. The van der Waals surface area contributed by atoms with Crippen molar-refractivity contribution in [2.75, 3.05) is 19.6 Å². The summed E-state index contributed by atoms with van der Waals surface area (Å²) in [5, 5.41) is 4.11. The highest BCUT2D eigenvalue weighted by Gasteiger charge is 2.30. The largest absolute Gasteiger partial charge is 0.293 e. The second kappa shape index (κ2) is 3.94. The predicted octanol–water partition coefficient (Wildman–Crippen LogP) is 1.77. The zero-order chi connectivity index (χ0) is 10.1. The van der Waals surface area contributed by atoms with Crippen molar-refractivity contribution in [3.8, 4) is 0 Å². The average molecular weight is 266 g/mol. The Kier molecular flexibility index (Phi) is 2.83. The fourth-order valence-electron chi connectivity index (χ4n) is 1.57. The molecule has 0 aromatic carbocycles. The summed E-state index contributed by atoms with van der Waals surface area (Å²) in [6, 6.07) is 0.250. The van der Waals surface area contributed by atoms with E-state index in [1.165, 1.54) is 0 Å². The molecule has 1 aliphatic heterocycles. The maximum atomic E-state index is 12.0. The maximum Gasteiger partial charge on any atom is 0.251 e. The van der Waals surface area contributed by atoms with Crippen LogP contribution in [0.2, 0.25) is 0 Å². The summed E-state index contributed by atoms with van der Waals surface area (Å²) in [6.45, 7) is 1.20. The first-order valence-corrected chi connectivity index (χ1v) is 5.14. The van der Waals surface area contributed by atoms with Gasteiger partial charge in [-0.15, -0.1) is 0 Å². The van der Waals surface area contributed by atoms with Gasteiger partial charge in [-0.05, 0) is 15.9 Å². The molecule has 6 heteroatoms. The van der Waals surface area contributed by atoms with Crippen molar-refractivity contribution in [2.24, 2.45) is 0 Å². The van der Waals surface area contributed by atoms with Gasteiger partial charge in [0.1, 0.15) is 0 Å². The molecule has 78 valence electrons. The van der Waals surface area contributed by atoms with E-state index >= 15 is 0 Å². The molecule has 0 aliphatic carbocycles. The van der Waals surface area contributed by atoms with E-state index in [4.69, 9.17) is 0 Å². The van der Waals surface area contributed by atoms with Crippen molar-refractivity contribution in [1.29, 1.82) is 0 Å². The van der Waals surface area contributed by atoms with Crippen LogP contribution in [0.4, 0.5) is 8.78 Å². The minimum atomic E-state index is -2.24. The number of alkyl halides is 2. The Morgan fingerprint density at radius 1 is 1.57 bits per heavy atom. The van der Waals surface area contributed by atoms with Crippen LogP contribution in [0.1, 0.15) is 6.04 Å². The summed E-state index contributed by atoms with van der Waals surface area (Å²) >= 11 is 3.29. The Bertz CT molecular complexity index is 309. The molecule has 1 saturated heterocycles. The first-order chi connectivity index (χ1) is 6.65. The fraction of sp³-hybridized carbons (Fsp3) is 0.625. The molecule has 2 rings (SSSR count). The molecule has 0 amide bonds. The summed E-state index contributed by atoms with van der Waals surface area (Å²) in [7, 11) is 0.